The lowest BCUT2D eigenvalue weighted by Gasteiger charge is -2.04. The minimum absolute atomic E-state index is 0.0196. The van der Waals surface area contributed by atoms with E-state index in [1.165, 1.54) is 6.20 Å². The Morgan fingerprint density at radius 3 is 2.70 bits per heavy atom. The van der Waals surface area contributed by atoms with Gasteiger partial charge in [-0.15, -0.1) is 0 Å². The Morgan fingerprint density at radius 1 is 1.30 bits per heavy atom. The maximum Gasteiger partial charge on any atom is 0.435 e. The van der Waals surface area contributed by atoms with Gasteiger partial charge in [-0.05, 0) is 19.3 Å². The third kappa shape index (κ3) is 3.54. The maximum atomic E-state index is 12.9. The molecule has 1 N–H and O–H groups in total. The molecule has 2 heterocycles. The van der Waals surface area contributed by atoms with Crippen molar-refractivity contribution in [3.05, 3.63) is 29.2 Å². The summed E-state index contributed by atoms with van der Waals surface area (Å²) in [5.74, 6) is 1.13. The number of hydrogen-bond donors (Lipinski definition) is 1. The van der Waals surface area contributed by atoms with Crippen LogP contribution in [0.2, 0.25) is 0 Å². The second kappa shape index (κ2) is 6.31. The lowest BCUT2D eigenvalue weighted by atomic mass is 10.1. The SMILES string of the molecule is OCCc1cn(Cc2nc(C3CCCC3)no2)nc1C(F)(F)F. The van der Waals surface area contributed by atoms with Gasteiger partial charge in [0.25, 0.3) is 0 Å². The first kappa shape index (κ1) is 16.0. The summed E-state index contributed by atoms with van der Waals surface area (Å²) in [5.41, 5.74) is -1.03. The van der Waals surface area contributed by atoms with Crippen LogP contribution in [0.4, 0.5) is 13.2 Å². The van der Waals surface area contributed by atoms with E-state index < -0.39 is 11.9 Å². The van der Waals surface area contributed by atoms with E-state index >= 15 is 0 Å². The van der Waals surface area contributed by atoms with Gasteiger partial charge in [0.05, 0.1) is 0 Å². The van der Waals surface area contributed by atoms with Crippen LogP contribution in [0.3, 0.4) is 0 Å². The zero-order valence-electron chi connectivity index (χ0n) is 12.4. The fourth-order valence-electron chi connectivity index (χ4n) is 2.91. The van der Waals surface area contributed by atoms with Crippen LogP contribution in [0, 0.1) is 0 Å². The molecule has 0 atom stereocenters. The Kier molecular flexibility index (Phi) is 4.38. The number of aliphatic hydroxyl groups excluding tert-OH is 1. The van der Waals surface area contributed by atoms with Gasteiger partial charge in [0.1, 0.15) is 6.54 Å². The van der Waals surface area contributed by atoms with Crippen molar-refractivity contribution in [1.82, 2.24) is 19.9 Å². The Morgan fingerprint density at radius 2 is 2.04 bits per heavy atom. The molecule has 0 radical (unpaired) electrons. The van der Waals surface area contributed by atoms with Crippen LogP contribution < -0.4 is 0 Å². The van der Waals surface area contributed by atoms with E-state index in [1.54, 1.807) is 0 Å². The molecule has 2 aromatic rings. The minimum atomic E-state index is -4.56. The van der Waals surface area contributed by atoms with Crippen LogP contribution in [0.25, 0.3) is 0 Å². The van der Waals surface area contributed by atoms with Gasteiger partial charge in [0.15, 0.2) is 11.5 Å². The second-order valence-electron chi connectivity index (χ2n) is 5.70. The quantitative estimate of drug-likeness (QED) is 0.911. The number of nitrogens with zero attached hydrogens (tertiary/aromatic N) is 4. The minimum Gasteiger partial charge on any atom is -0.396 e. The van der Waals surface area contributed by atoms with Crippen molar-refractivity contribution in [2.24, 2.45) is 0 Å². The van der Waals surface area contributed by atoms with E-state index in [1.807, 2.05) is 0 Å². The van der Waals surface area contributed by atoms with Gasteiger partial charge in [-0.3, -0.25) is 4.68 Å². The standard InChI is InChI=1S/C14H17F3N4O2/c15-14(16,17)12-10(5-6-22)7-21(19-12)8-11-18-13(20-23-11)9-3-1-2-4-9/h7,9,22H,1-6,8H2. The molecule has 0 unspecified atom stereocenters. The molecule has 23 heavy (non-hydrogen) atoms. The Bertz CT molecular complexity index is 659. The van der Waals surface area contributed by atoms with Crippen molar-refractivity contribution in [2.75, 3.05) is 6.61 Å². The molecule has 1 aliphatic rings. The highest BCUT2D eigenvalue weighted by atomic mass is 19.4. The summed E-state index contributed by atoms with van der Waals surface area (Å²) in [5, 5.41) is 16.4. The first-order valence-corrected chi connectivity index (χ1v) is 7.54. The molecule has 0 aromatic carbocycles. The van der Waals surface area contributed by atoms with Gasteiger partial charge in [-0.1, -0.05) is 18.0 Å². The van der Waals surface area contributed by atoms with Crippen molar-refractivity contribution >= 4 is 0 Å². The maximum absolute atomic E-state index is 12.9. The van der Waals surface area contributed by atoms with Crippen LogP contribution in [0.15, 0.2) is 10.7 Å². The number of rotatable bonds is 5. The predicted octanol–water partition coefficient (Wildman–Crippen LogP) is 2.53. The van der Waals surface area contributed by atoms with Crippen molar-refractivity contribution < 1.29 is 22.8 Å². The number of alkyl halides is 3. The first-order chi connectivity index (χ1) is 11.0. The van der Waals surface area contributed by atoms with E-state index in [-0.39, 0.29) is 36.9 Å². The summed E-state index contributed by atoms with van der Waals surface area (Å²) in [6.07, 6.45) is 0.892. The molecule has 0 saturated heterocycles. The van der Waals surface area contributed by atoms with Gasteiger partial charge >= 0.3 is 6.18 Å². The summed E-state index contributed by atoms with van der Waals surface area (Å²) >= 11 is 0. The highest BCUT2D eigenvalue weighted by Crippen LogP contribution is 2.33. The molecule has 0 spiro atoms. The Balaban J connectivity index is 1.77. The summed E-state index contributed by atoms with van der Waals surface area (Å²) in [7, 11) is 0. The summed E-state index contributed by atoms with van der Waals surface area (Å²) in [4.78, 5) is 4.27. The molecule has 126 valence electrons. The van der Waals surface area contributed by atoms with Crippen LogP contribution in [0.1, 0.15) is 54.6 Å². The van der Waals surface area contributed by atoms with E-state index in [4.69, 9.17) is 9.63 Å². The topological polar surface area (TPSA) is 77.0 Å². The molecule has 6 nitrogen and oxygen atoms in total. The predicted molar refractivity (Wildman–Crippen MR) is 72.6 cm³/mol. The molecule has 0 aliphatic heterocycles. The van der Waals surface area contributed by atoms with E-state index in [9.17, 15) is 13.2 Å². The molecule has 2 aromatic heterocycles. The Hall–Kier alpha value is -1.90. The van der Waals surface area contributed by atoms with E-state index in [0.717, 1.165) is 30.4 Å². The van der Waals surface area contributed by atoms with E-state index in [2.05, 4.69) is 15.2 Å². The highest BCUT2D eigenvalue weighted by Gasteiger charge is 2.37. The van der Waals surface area contributed by atoms with Crippen molar-refractivity contribution in [3.8, 4) is 0 Å². The smallest absolute Gasteiger partial charge is 0.396 e. The van der Waals surface area contributed by atoms with Crippen molar-refractivity contribution in [2.45, 2.75) is 50.7 Å². The summed E-state index contributed by atoms with van der Waals surface area (Å²) < 4.78 is 45.0. The molecule has 1 fully saturated rings. The number of halogens is 3. The average molecular weight is 330 g/mol. The van der Waals surface area contributed by atoms with Gasteiger partial charge < -0.3 is 9.63 Å². The summed E-state index contributed by atoms with van der Waals surface area (Å²) in [6.45, 7) is -0.393. The Labute approximate surface area is 130 Å². The fourth-order valence-corrected chi connectivity index (χ4v) is 2.91. The van der Waals surface area contributed by atoms with Crippen LogP contribution in [-0.4, -0.2) is 31.6 Å². The molecule has 0 amide bonds. The molecule has 0 bridgehead atoms. The molecule has 9 heteroatoms. The van der Waals surface area contributed by atoms with Gasteiger partial charge in [0.2, 0.25) is 5.89 Å². The summed E-state index contributed by atoms with van der Waals surface area (Å²) in [6, 6.07) is 0. The van der Waals surface area contributed by atoms with Gasteiger partial charge in [0, 0.05) is 24.3 Å². The van der Waals surface area contributed by atoms with Gasteiger partial charge in [-0.25, -0.2) is 0 Å². The molecular weight excluding hydrogens is 313 g/mol. The van der Waals surface area contributed by atoms with Crippen LogP contribution in [-0.2, 0) is 19.1 Å². The monoisotopic (exact) mass is 330 g/mol. The molecule has 1 saturated carbocycles. The second-order valence-corrected chi connectivity index (χ2v) is 5.70. The van der Waals surface area contributed by atoms with Crippen LogP contribution in [0.5, 0.6) is 0 Å². The third-order valence-electron chi connectivity index (χ3n) is 3.99. The van der Waals surface area contributed by atoms with Crippen molar-refractivity contribution in [3.63, 3.8) is 0 Å². The first-order valence-electron chi connectivity index (χ1n) is 7.54. The third-order valence-corrected chi connectivity index (χ3v) is 3.99. The van der Waals surface area contributed by atoms with Crippen molar-refractivity contribution in [1.29, 1.82) is 0 Å². The van der Waals surface area contributed by atoms with Gasteiger partial charge in [-0.2, -0.15) is 23.3 Å². The zero-order valence-corrected chi connectivity index (χ0v) is 12.4. The number of aromatic nitrogens is 4. The largest absolute Gasteiger partial charge is 0.435 e. The van der Waals surface area contributed by atoms with E-state index in [0.29, 0.717) is 5.82 Å². The molecular formula is C14H17F3N4O2. The number of aliphatic hydroxyl groups is 1. The zero-order chi connectivity index (χ0) is 16.4. The van der Waals surface area contributed by atoms with Crippen LogP contribution >= 0.6 is 0 Å². The fraction of sp³-hybridized carbons (Fsp3) is 0.643. The highest BCUT2D eigenvalue weighted by molar-refractivity contribution is 5.20. The normalized spacial score (nSPS) is 16.3. The lowest BCUT2D eigenvalue weighted by Crippen LogP contribution is -2.11. The lowest BCUT2D eigenvalue weighted by molar-refractivity contribution is -0.142. The molecule has 1 aliphatic carbocycles. The number of hydrogen-bond acceptors (Lipinski definition) is 5. The average Bonchev–Trinajstić information content (AvgIpc) is 3.18. The molecule has 3 rings (SSSR count).